The van der Waals surface area contributed by atoms with Crippen LogP contribution in [0.25, 0.3) is 0 Å². The van der Waals surface area contributed by atoms with E-state index in [9.17, 15) is 61.0 Å². The molecule has 0 aliphatic carbocycles. The van der Waals surface area contributed by atoms with Crippen LogP contribution in [0.4, 0.5) is 0 Å². The molecule has 0 bridgehead atoms. The minimum Gasteiger partial charge on any atom is -0.394 e. The van der Waals surface area contributed by atoms with Gasteiger partial charge < -0.3 is 89.9 Å². The topological polar surface area (TPSA) is 307 Å². The molecule has 3 fully saturated rings. The van der Waals surface area contributed by atoms with Gasteiger partial charge in [0.05, 0.1) is 38.6 Å². The number of amides is 1. The van der Waals surface area contributed by atoms with Crippen molar-refractivity contribution in [3.05, 3.63) is 97.2 Å². The predicted octanol–water partition coefficient (Wildman–Crippen LogP) is 13.6. The molecule has 17 atom stereocenters. The van der Waals surface area contributed by atoms with Crippen LogP contribution in [-0.2, 0) is 33.2 Å². The first-order valence-electron chi connectivity index (χ1n) is 40.5. The van der Waals surface area contributed by atoms with E-state index in [0.717, 1.165) is 77.0 Å². The van der Waals surface area contributed by atoms with Crippen LogP contribution in [0.5, 0.6) is 0 Å². The molecule has 3 heterocycles. The summed E-state index contributed by atoms with van der Waals surface area (Å²) in [4.78, 5) is 13.5. The Morgan fingerprint density at radius 2 is 0.686 bits per heavy atom. The highest BCUT2D eigenvalue weighted by Gasteiger charge is 2.54. The van der Waals surface area contributed by atoms with E-state index in [2.05, 4.69) is 104 Å². The molecule has 102 heavy (non-hydrogen) atoms. The van der Waals surface area contributed by atoms with Crippen LogP contribution in [0.3, 0.4) is 0 Å². The number of nitrogens with one attached hydrogen (secondary N) is 1. The third kappa shape index (κ3) is 42.3. The van der Waals surface area contributed by atoms with Gasteiger partial charge in [-0.2, -0.15) is 0 Å². The van der Waals surface area contributed by atoms with Gasteiger partial charge in [0.2, 0.25) is 5.91 Å². The molecule has 19 nitrogen and oxygen atoms in total. The van der Waals surface area contributed by atoms with Gasteiger partial charge >= 0.3 is 0 Å². The number of hydrogen-bond donors (Lipinski definition) is 12. The van der Waals surface area contributed by atoms with Crippen LogP contribution in [0.1, 0.15) is 290 Å². The summed E-state index contributed by atoms with van der Waals surface area (Å²) in [5.74, 6) is -0.288. The van der Waals surface area contributed by atoms with Crippen molar-refractivity contribution in [2.24, 2.45) is 0 Å². The molecular weight excluding hydrogens is 1300 g/mol. The Balaban J connectivity index is 1.32. The van der Waals surface area contributed by atoms with Gasteiger partial charge in [-0.15, -0.1) is 0 Å². The molecule has 1 amide bonds. The number of unbranched alkanes of at least 4 members (excludes halogenated alkanes) is 33. The Labute approximate surface area is 615 Å². The Morgan fingerprint density at radius 1 is 0.363 bits per heavy atom. The van der Waals surface area contributed by atoms with Crippen molar-refractivity contribution < 1.29 is 89.4 Å². The van der Waals surface area contributed by atoms with Gasteiger partial charge in [-0.3, -0.25) is 4.79 Å². The summed E-state index contributed by atoms with van der Waals surface area (Å²) < 4.78 is 34.4. The van der Waals surface area contributed by atoms with E-state index >= 15 is 0 Å². The Morgan fingerprint density at radius 3 is 1.10 bits per heavy atom. The Hall–Kier alpha value is -3.29. The van der Waals surface area contributed by atoms with Gasteiger partial charge in [0.25, 0.3) is 0 Å². The minimum absolute atomic E-state index is 0.231. The molecule has 0 aromatic rings. The summed E-state index contributed by atoms with van der Waals surface area (Å²) in [5.41, 5.74) is 0. The van der Waals surface area contributed by atoms with E-state index in [-0.39, 0.29) is 18.9 Å². The average Bonchev–Trinajstić information content (AvgIpc) is 0.781. The zero-order valence-corrected chi connectivity index (χ0v) is 63.1. The molecule has 19 heteroatoms. The largest absolute Gasteiger partial charge is 0.394 e. The minimum atomic E-state index is -1.99. The standard InChI is InChI=1S/C83H145NO18/c1-3-5-7-9-11-13-15-17-19-21-23-24-25-26-27-28-29-30-31-32-33-34-35-36-37-38-39-40-41-42-43-45-47-49-51-53-55-57-59-61-71(89)84-66(67(88)60-58-56-54-52-50-48-46-44-22-20-18-16-14-12-10-8-6-4-2)65-97-81-77(95)74(92)79(69(63-86)99-81)102-83-78(96)75(93)80(70(64-87)100-83)101-82-76(94)73(91)72(90)68(62-85)98-82/h5,7,11,13,17,19,22-24,26-27,44,50,52,58,60,66-70,72-83,85-88,90-96H,3-4,6,8-10,12,14-16,18,20-21,25,28-43,45-49,51,53-57,59,61-65H2,1-2H3,(H,84,89)/b7-5-,13-11-,19-17-,24-23-,27-26-,44-22+,52-50+,60-58+. The molecule has 17 unspecified atom stereocenters. The fourth-order valence-corrected chi connectivity index (χ4v) is 13.1. The van der Waals surface area contributed by atoms with Crippen LogP contribution in [-0.4, -0.2) is 193 Å². The highest BCUT2D eigenvalue weighted by atomic mass is 16.8. The zero-order valence-electron chi connectivity index (χ0n) is 63.1. The summed E-state index contributed by atoms with van der Waals surface area (Å²) in [7, 11) is 0. The lowest BCUT2D eigenvalue weighted by atomic mass is 9.96. The van der Waals surface area contributed by atoms with Crippen molar-refractivity contribution in [3.8, 4) is 0 Å². The molecule has 12 N–H and O–H groups in total. The molecule has 590 valence electrons. The SMILES string of the molecule is CC/C=C\C/C=C\C/C=C\C/C=C\C/C=C\CCCCCCCCCCCCCCCCCCCCCCCCCC(=O)NC(COC1OC(CO)C(OC2OC(CO)C(OC3OC(CO)C(O)C(O)C3O)C(O)C2O)C(O)C1O)C(O)/C=C/CC/C=C/CC/C=C/CCCCCCCCCC. The fourth-order valence-electron chi connectivity index (χ4n) is 13.1. The molecule has 0 spiro atoms. The maximum Gasteiger partial charge on any atom is 0.220 e. The van der Waals surface area contributed by atoms with Gasteiger partial charge in [0.15, 0.2) is 18.9 Å². The second-order valence-corrected chi connectivity index (χ2v) is 28.5. The molecule has 0 saturated carbocycles. The lowest BCUT2D eigenvalue weighted by molar-refractivity contribution is -0.379. The Kier molecular flexibility index (Phi) is 57.1. The number of hydrogen-bond acceptors (Lipinski definition) is 18. The summed E-state index contributed by atoms with van der Waals surface area (Å²) in [6.07, 6.45) is 58.4. The molecule has 3 aliphatic heterocycles. The van der Waals surface area contributed by atoms with Crippen molar-refractivity contribution in [2.45, 2.75) is 394 Å². The third-order valence-corrected chi connectivity index (χ3v) is 19.6. The number of aliphatic hydroxyl groups excluding tert-OH is 11. The molecule has 0 aromatic carbocycles. The summed E-state index contributed by atoms with van der Waals surface area (Å²) in [5, 5.41) is 121. The molecule has 0 radical (unpaired) electrons. The smallest absolute Gasteiger partial charge is 0.220 e. The van der Waals surface area contributed by atoms with E-state index in [1.54, 1.807) is 6.08 Å². The maximum atomic E-state index is 13.5. The highest BCUT2D eigenvalue weighted by Crippen LogP contribution is 2.33. The highest BCUT2D eigenvalue weighted by molar-refractivity contribution is 5.76. The second-order valence-electron chi connectivity index (χ2n) is 28.5. The number of allylic oxidation sites excluding steroid dienone is 15. The van der Waals surface area contributed by atoms with Crippen molar-refractivity contribution in [1.82, 2.24) is 5.32 Å². The summed E-state index contributed by atoms with van der Waals surface area (Å²) in [6, 6.07) is -1.000. The molecule has 0 aromatic heterocycles. The Bertz CT molecular complexity index is 2220. The molecule has 3 rings (SSSR count). The molecular formula is C83H145NO18. The van der Waals surface area contributed by atoms with E-state index in [1.165, 1.54) is 180 Å². The second kappa shape index (κ2) is 62.7. The van der Waals surface area contributed by atoms with Crippen molar-refractivity contribution in [1.29, 1.82) is 0 Å². The normalized spacial score (nSPS) is 26.7. The number of rotatable bonds is 63. The first-order valence-corrected chi connectivity index (χ1v) is 40.5. The first-order chi connectivity index (χ1) is 49.8. The van der Waals surface area contributed by atoms with Crippen LogP contribution < -0.4 is 5.32 Å². The van der Waals surface area contributed by atoms with Crippen molar-refractivity contribution in [3.63, 3.8) is 0 Å². The van der Waals surface area contributed by atoms with Gasteiger partial charge in [-0.05, 0) is 89.9 Å². The lowest BCUT2D eigenvalue weighted by Gasteiger charge is -2.48. The van der Waals surface area contributed by atoms with E-state index in [0.29, 0.717) is 12.8 Å². The monoisotopic (exact) mass is 1440 g/mol. The fraction of sp³-hybridized carbons (Fsp3) is 0.795. The average molecular weight is 1450 g/mol. The van der Waals surface area contributed by atoms with Crippen LogP contribution in [0, 0.1) is 0 Å². The summed E-state index contributed by atoms with van der Waals surface area (Å²) in [6.45, 7) is 1.60. The van der Waals surface area contributed by atoms with E-state index < -0.39 is 124 Å². The van der Waals surface area contributed by atoms with Gasteiger partial charge in [-0.25, -0.2) is 0 Å². The number of aliphatic hydroxyl groups is 11. The lowest BCUT2D eigenvalue weighted by Crippen LogP contribution is -2.66. The van der Waals surface area contributed by atoms with Crippen LogP contribution >= 0.6 is 0 Å². The van der Waals surface area contributed by atoms with Crippen LogP contribution in [0.15, 0.2) is 97.2 Å². The molecule has 3 saturated heterocycles. The third-order valence-electron chi connectivity index (χ3n) is 19.6. The number of carbonyl (C=O) groups excluding carboxylic acids is 1. The first kappa shape index (κ1) is 92.9. The zero-order chi connectivity index (χ0) is 73.9. The van der Waals surface area contributed by atoms with Crippen molar-refractivity contribution in [2.75, 3.05) is 26.4 Å². The maximum absolute atomic E-state index is 13.5. The van der Waals surface area contributed by atoms with Gasteiger partial charge in [-0.1, -0.05) is 291 Å². The van der Waals surface area contributed by atoms with E-state index in [1.807, 2.05) is 6.08 Å². The molecule has 3 aliphatic rings. The van der Waals surface area contributed by atoms with E-state index in [4.69, 9.17) is 28.4 Å². The van der Waals surface area contributed by atoms with Crippen molar-refractivity contribution >= 4 is 5.91 Å². The number of carbonyl (C=O) groups is 1. The quantitative estimate of drug-likeness (QED) is 0.0199. The van der Waals surface area contributed by atoms with Gasteiger partial charge in [0.1, 0.15) is 73.2 Å². The summed E-state index contributed by atoms with van der Waals surface area (Å²) >= 11 is 0. The predicted molar refractivity (Wildman–Crippen MR) is 406 cm³/mol. The van der Waals surface area contributed by atoms with Gasteiger partial charge in [0, 0.05) is 6.42 Å². The van der Waals surface area contributed by atoms with Crippen LogP contribution in [0.2, 0.25) is 0 Å². The number of ether oxygens (including phenoxy) is 6.